The van der Waals surface area contributed by atoms with Crippen LogP contribution in [0.2, 0.25) is 0 Å². The Morgan fingerprint density at radius 1 is 1.07 bits per heavy atom. The summed E-state index contributed by atoms with van der Waals surface area (Å²) < 4.78 is 1.74. The van der Waals surface area contributed by atoms with Gasteiger partial charge >= 0.3 is 0 Å². The van der Waals surface area contributed by atoms with E-state index in [1.807, 2.05) is 54.3 Å². The molecule has 0 bridgehead atoms. The van der Waals surface area contributed by atoms with Gasteiger partial charge in [0.15, 0.2) is 0 Å². The molecule has 156 valence electrons. The van der Waals surface area contributed by atoms with Crippen LogP contribution in [-0.4, -0.2) is 56.7 Å². The number of nitrogens with zero attached hydrogens (tertiary/aromatic N) is 6. The van der Waals surface area contributed by atoms with E-state index in [2.05, 4.69) is 25.3 Å². The Morgan fingerprint density at radius 3 is 2.77 bits per heavy atom. The largest absolute Gasteiger partial charge is 0.355 e. The van der Waals surface area contributed by atoms with Gasteiger partial charge in [0.1, 0.15) is 12.1 Å². The molecular weight excluding hydrogens is 378 g/mol. The van der Waals surface area contributed by atoms with Crippen LogP contribution in [-0.2, 0) is 4.79 Å². The Bertz CT molecular complexity index is 972. The first-order valence-electron chi connectivity index (χ1n) is 10.5. The molecule has 30 heavy (non-hydrogen) atoms. The molecule has 1 N–H and O–H groups in total. The second-order valence-electron chi connectivity index (χ2n) is 7.35. The minimum atomic E-state index is 0.252. The fourth-order valence-corrected chi connectivity index (χ4v) is 3.59. The van der Waals surface area contributed by atoms with Crippen molar-refractivity contribution in [3.8, 4) is 5.69 Å². The van der Waals surface area contributed by atoms with Crippen LogP contribution in [0, 0.1) is 0 Å². The predicted molar refractivity (Wildman–Crippen MR) is 117 cm³/mol. The minimum Gasteiger partial charge on any atom is -0.355 e. The fraction of sp³-hybridized carbons (Fsp3) is 0.364. The van der Waals surface area contributed by atoms with E-state index in [4.69, 9.17) is 0 Å². The molecule has 8 heteroatoms. The van der Waals surface area contributed by atoms with Crippen molar-refractivity contribution in [2.75, 3.05) is 36.4 Å². The van der Waals surface area contributed by atoms with Crippen molar-refractivity contribution in [3.63, 3.8) is 0 Å². The molecule has 2 aromatic heterocycles. The maximum atomic E-state index is 12.2. The number of aromatic nitrogens is 4. The average Bonchev–Trinajstić information content (AvgIpc) is 3.09. The molecule has 1 aliphatic rings. The van der Waals surface area contributed by atoms with Crippen molar-refractivity contribution < 1.29 is 4.79 Å². The van der Waals surface area contributed by atoms with E-state index in [0.717, 1.165) is 56.2 Å². The van der Waals surface area contributed by atoms with E-state index >= 15 is 0 Å². The summed E-state index contributed by atoms with van der Waals surface area (Å²) in [6.45, 7) is 5.25. The standard InChI is InChI=1S/C22H27N7O/c1-2-7-21(30)28-13-6-12-27(14-15-28)20-16-19(10-11-23-20)29-17-24-22(26-29)25-18-8-4-3-5-9-18/h3-5,8-11,16-17H,2,6-7,12-15H2,1H3,(H,25,26). The molecule has 0 unspecified atom stereocenters. The van der Waals surface area contributed by atoms with Gasteiger partial charge in [0.25, 0.3) is 0 Å². The number of anilines is 3. The second-order valence-corrected chi connectivity index (χ2v) is 7.35. The lowest BCUT2D eigenvalue weighted by Crippen LogP contribution is -2.35. The van der Waals surface area contributed by atoms with Crippen LogP contribution in [0.5, 0.6) is 0 Å². The summed E-state index contributed by atoms with van der Waals surface area (Å²) in [7, 11) is 0. The van der Waals surface area contributed by atoms with Crippen LogP contribution < -0.4 is 10.2 Å². The maximum Gasteiger partial charge on any atom is 0.246 e. The van der Waals surface area contributed by atoms with Crippen molar-refractivity contribution in [1.29, 1.82) is 0 Å². The predicted octanol–water partition coefficient (Wildman–Crippen LogP) is 3.24. The van der Waals surface area contributed by atoms with Crippen LogP contribution >= 0.6 is 0 Å². The summed E-state index contributed by atoms with van der Waals surface area (Å²) in [6.07, 6.45) is 5.94. The van der Waals surface area contributed by atoms with E-state index in [1.165, 1.54) is 0 Å². The molecule has 4 rings (SSSR count). The van der Waals surface area contributed by atoms with Gasteiger partial charge in [0.2, 0.25) is 11.9 Å². The number of rotatable bonds is 6. The Morgan fingerprint density at radius 2 is 1.93 bits per heavy atom. The highest BCUT2D eigenvalue weighted by atomic mass is 16.2. The van der Waals surface area contributed by atoms with Gasteiger partial charge in [-0.1, -0.05) is 25.1 Å². The molecule has 0 spiro atoms. The molecule has 0 atom stereocenters. The van der Waals surface area contributed by atoms with Gasteiger partial charge in [0, 0.05) is 50.6 Å². The van der Waals surface area contributed by atoms with E-state index in [0.29, 0.717) is 12.4 Å². The first kappa shape index (κ1) is 19.9. The van der Waals surface area contributed by atoms with Gasteiger partial charge < -0.3 is 15.1 Å². The van der Waals surface area contributed by atoms with Crippen LogP contribution in [0.1, 0.15) is 26.2 Å². The summed E-state index contributed by atoms with van der Waals surface area (Å²) in [6, 6.07) is 13.8. The van der Waals surface area contributed by atoms with Crippen molar-refractivity contribution >= 4 is 23.4 Å². The third-order valence-electron chi connectivity index (χ3n) is 5.15. The number of amides is 1. The molecule has 3 heterocycles. The Hall–Kier alpha value is -3.42. The van der Waals surface area contributed by atoms with Crippen LogP contribution in [0.15, 0.2) is 55.0 Å². The van der Waals surface area contributed by atoms with Crippen molar-refractivity contribution in [2.45, 2.75) is 26.2 Å². The number of benzene rings is 1. The smallest absolute Gasteiger partial charge is 0.246 e. The molecule has 1 aromatic carbocycles. The van der Waals surface area contributed by atoms with Crippen LogP contribution in [0.25, 0.3) is 5.69 Å². The van der Waals surface area contributed by atoms with Gasteiger partial charge in [0.05, 0.1) is 5.69 Å². The molecule has 0 saturated carbocycles. The summed E-state index contributed by atoms with van der Waals surface area (Å²) in [5, 5.41) is 7.73. The van der Waals surface area contributed by atoms with Crippen LogP contribution in [0.4, 0.5) is 17.5 Å². The first-order valence-corrected chi connectivity index (χ1v) is 10.5. The van der Waals surface area contributed by atoms with Gasteiger partial charge in [-0.15, -0.1) is 5.10 Å². The molecule has 0 aliphatic carbocycles. The number of carbonyl (C=O) groups excluding carboxylic acids is 1. The average molecular weight is 406 g/mol. The van der Waals surface area contributed by atoms with E-state index in [9.17, 15) is 4.79 Å². The molecule has 1 amide bonds. The van der Waals surface area contributed by atoms with Gasteiger partial charge in [-0.2, -0.15) is 4.98 Å². The summed E-state index contributed by atoms with van der Waals surface area (Å²) in [5.41, 5.74) is 1.84. The lowest BCUT2D eigenvalue weighted by atomic mass is 10.3. The Balaban J connectivity index is 1.45. The highest BCUT2D eigenvalue weighted by Gasteiger charge is 2.19. The van der Waals surface area contributed by atoms with Crippen molar-refractivity contribution in [2.24, 2.45) is 0 Å². The molecule has 8 nitrogen and oxygen atoms in total. The first-order chi connectivity index (χ1) is 14.7. The maximum absolute atomic E-state index is 12.2. The SMILES string of the molecule is CCCC(=O)N1CCCN(c2cc(-n3cnc(Nc4ccccc4)n3)ccn2)CC1. The number of nitrogens with one attached hydrogen (secondary N) is 1. The minimum absolute atomic E-state index is 0.252. The summed E-state index contributed by atoms with van der Waals surface area (Å²) in [5.74, 6) is 1.69. The Kier molecular flexibility index (Phi) is 6.22. The van der Waals surface area contributed by atoms with Crippen LogP contribution in [0.3, 0.4) is 0 Å². The zero-order valence-corrected chi connectivity index (χ0v) is 17.2. The molecule has 1 fully saturated rings. The highest BCUT2D eigenvalue weighted by molar-refractivity contribution is 5.76. The van der Waals surface area contributed by atoms with Gasteiger partial charge in [-0.25, -0.2) is 9.67 Å². The molecule has 1 saturated heterocycles. The van der Waals surface area contributed by atoms with Gasteiger partial charge in [-0.3, -0.25) is 4.79 Å². The molecule has 1 aliphatic heterocycles. The second kappa shape index (κ2) is 9.39. The van der Waals surface area contributed by atoms with E-state index in [1.54, 1.807) is 17.2 Å². The number of hydrogen-bond acceptors (Lipinski definition) is 6. The molecule has 3 aromatic rings. The third kappa shape index (κ3) is 4.76. The molecular formula is C22H27N7O. The zero-order valence-electron chi connectivity index (χ0n) is 17.2. The highest BCUT2D eigenvalue weighted by Crippen LogP contribution is 2.19. The number of pyridine rings is 1. The van der Waals surface area contributed by atoms with Crippen molar-refractivity contribution in [3.05, 3.63) is 55.0 Å². The monoisotopic (exact) mass is 405 g/mol. The lowest BCUT2D eigenvalue weighted by Gasteiger charge is -2.23. The topological polar surface area (TPSA) is 79.2 Å². The zero-order chi connectivity index (χ0) is 20.8. The lowest BCUT2D eigenvalue weighted by molar-refractivity contribution is -0.131. The van der Waals surface area contributed by atoms with Crippen molar-refractivity contribution in [1.82, 2.24) is 24.6 Å². The number of hydrogen-bond donors (Lipinski definition) is 1. The number of para-hydroxylation sites is 1. The summed E-state index contributed by atoms with van der Waals surface area (Å²) >= 11 is 0. The summed E-state index contributed by atoms with van der Waals surface area (Å²) in [4.78, 5) is 25.4. The number of carbonyl (C=O) groups is 1. The fourth-order valence-electron chi connectivity index (χ4n) is 3.59. The normalized spacial score (nSPS) is 14.4. The van der Waals surface area contributed by atoms with Gasteiger partial charge in [-0.05, 0) is 31.0 Å². The van der Waals surface area contributed by atoms with E-state index < -0.39 is 0 Å². The third-order valence-corrected chi connectivity index (χ3v) is 5.15. The Labute approximate surface area is 176 Å². The quantitative estimate of drug-likeness (QED) is 0.678. The van der Waals surface area contributed by atoms with E-state index in [-0.39, 0.29) is 5.91 Å². The molecule has 0 radical (unpaired) electrons.